The Morgan fingerprint density at radius 2 is 1.57 bits per heavy atom. The van der Waals surface area contributed by atoms with E-state index in [2.05, 4.69) is 64.3 Å². The summed E-state index contributed by atoms with van der Waals surface area (Å²) in [6.07, 6.45) is -13.9. The Balaban J connectivity index is 1.24. The third-order valence-electron chi connectivity index (χ3n) is 15.1. The van der Waals surface area contributed by atoms with Gasteiger partial charge in [0.05, 0.1) is 99.8 Å². The zero-order valence-corrected chi connectivity index (χ0v) is 51.3. The molecule has 0 spiro atoms. The first-order valence-corrected chi connectivity index (χ1v) is 29.7. The SMILES string of the molecule is C=C(OC)C(=O)Nc1cc(OC)c(OC)cc1C(=O)OC1CC(O[C@@H]2C(=O)C(NC(=O)OC)=C3/C(=C\CS)[C@]2(O)C#C/C=C\C#C[C@@H]3O[C@@H]2O[C@H](C)[C@@H](NOC3C[C@H](O)[C@H](SC)[C@@H](C)O3)[C@H](O)[C@H]2O[C@H]2C[C@H](OC)[C@@H](NC(C)C)CO2)O[C@@H](C)C1O. The number of carbonyl (C=O) groups is 4. The van der Waals surface area contributed by atoms with Gasteiger partial charge in [0.25, 0.3) is 5.91 Å². The molecule has 4 saturated heterocycles. The Hall–Kier alpha value is -5.32. The molecule has 4 unspecified atom stereocenters. The van der Waals surface area contributed by atoms with Crippen molar-refractivity contribution in [1.29, 1.82) is 0 Å². The minimum Gasteiger partial charge on any atom is -0.493 e. The lowest BCUT2D eigenvalue weighted by molar-refractivity contribution is -0.336. The molecule has 26 nitrogen and oxygen atoms in total. The average molecular weight is 1250 g/mol. The molecule has 8 N–H and O–H groups in total. The van der Waals surface area contributed by atoms with E-state index in [1.165, 1.54) is 70.4 Å². The van der Waals surface area contributed by atoms with Gasteiger partial charge >= 0.3 is 12.1 Å². The van der Waals surface area contributed by atoms with Gasteiger partial charge in [-0.2, -0.15) is 29.9 Å². The van der Waals surface area contributed by atoms with E-state index in [1.54, 1.807) is 14.0 Å². The van der Waals surface area contributed by atoms with Gasteiger partial charge in [0.1, 0.15) is 30.5 Å². The third-order valence-corrected chi connectivity index (χ3v) is 16.5. The normalized spacial score (nSPS) is 35.2. The number of nitrogens with one attached hydrogen (secondary N) is 4. The highest BCUT2D eigenvalue weighted by atomic mass is 32.2. The Labute approximate surface area is 508 Å². The van der Waals surface area contributed by atoms with Gasteiger partial charge in [-0.15, -0.1) is 0 Å². The number of fused-ring (bicyclic) bond motifs is 2. The van der Waals surface area contributed by atoms with Crippen LogP contribution in [0.4, 0.5) is 10.5 Å². The molecule has 1 aromatic carbocycles. The quantitative estimate of drug-likeness (QED) is 0.0199. The number of methoxy groups -OCH3 is 5. The van der Waals surface area contributed by atoms with Gasteiger partial charge in [-0.3, -0.25) is 19.7 Å². The zero-order valence-electron chi connectivity index (χ0n) is 49.6. The highest BCUT2D eigenvalue weighted by Gasteiger charge is 2.57. The third kappa shape index (κ3) is 15.7. The number of amides is 2. The Kier molecular flexibility index (Phi) is 24.4. The molecule has 0 saturated carbocycles. The van der Waals surface area contributed by atoms with E-state index < -0.39 is 134 Å². The van der Waals surface area contributed by atoms with E-state index in [1.807, 2.05) is 27.0 Å². The summed E-state index contributed by atoms with van der Waals surface area (Å²) >= 11 is 5.96. The molecule has 4 fully saturated rings. The number of hydrogen-bond donors (Lipinski definition) is 9. The monoisotopic (exact) mass is 1250 g/mol. The number of Topliss-reactive ketones (excluding diaryl/α,β-unsaturated/α-hetero) is 1. The van der Waals surface area contributed by atoms with Crippen molar-refractivity contribution in [2.45, 2.75) is 175 Å². The number of ketones is 1. The van der Waals surface area contributed by atoms with Gasteiger partial charge in [-0.05, 0) is 39.2 Å². The van der Waals surface area contributed by atoms with Crippen LogP contribution in [0.15, 0.2) is 59.5 Å². The number of esters is 1. The molecule has 0 aromatic heterocycles. The fourth-order valence-corrected chi connectivity index (χ4v) is 11.7. The number of aliphatic hydroxyl groups excluding tert-OH is 3. The largest absolute Gasteiger partial charge is 0.493 e. The number of hydrogen-bond acceptors (Lipinski definition) is 26. The summed E-state index contributed by atoms with van der Waals surface area (Å²) in [6.45, 7) is 12.6. The van der Waals surface area contributed by atoms with Crippen molar-refractivity contribution < 1.29 is 106 Å². The van der Waals surface area contributed by atoms with Crippen LogP contribution in [0.25, 0.3) is 0 Å². The second-order valence-electron chi connectivity index (χ2n) is 21.1. The molecular formula is C58H78N4O22S2. The number of carbonyl (C=O) groups excluding carboxylic acids is 4. The number of benzene rings is 1. The molecule has 7 rings (SSSR count). The molecule has 4 heterocycles. The standard InChI is InChI=1S/C58H78N4O22S2/c1-27(2)59-35-26-76-42(24-38(35)72-8)82-51-49(65)46(62-84-44-23-36(63)52(86-12)30(5)78-44)28(3)79-56(51)81-37-17-15-13-14-16-19-58(70)33(18-20-85)45(37)47(61-57(69)75-11)50(66)53(58)83-43-25-41(48(64)29(4)77-43)80-55(68)32-21-39(73-9)40(74-10)22-34(32)60-54(67)31(6)71-7/h13-14,18,21-22,27-30,35-38,41-44,46,48-49,51-53,56,59,62-65,70,85H,6,20,23-26H2,1-5,7-12H3,(H,60,67)(H,61,69)/b14-13-,33-18+/t28-,29+,30-,35+,36+,37+,38+,41?,42+,43?,44?,46-,48?,49+,51-,52-,53-,56+,58-/m1/s1. The summed E-state index contributed by atoms with van der Waals surface area (Å²) in [5.41, 5.74) is -1.13. The number of aliphatic hydroxyl groups is 4. The smallest absolute Gasteiger partial charge is 0.411 e. The minimum atomic E-state index is -2.68. The molecular weight excluding hydrogens is 1170 g/mol. The fourth-order valence-electron chi connectivity index (χ4n) is 10.7. The second-order valence-corrected chi connectivity index (χ2v) is 22.5. The molecule has 19 atom stereocenters. The van der Waals surface area contributed by atoms with Crippen molar-refractivity contribution in [3.05, 3.63) is 65.1 Å². The number of allylic oxidation sites excluding steroid dienone is 2. The first kappa shape index (κ1) is 68.2. The van der Waals surface area contributed by atoms with Crippen molar-refractivity contribution in [2.24, 2.45) is 0 Å². The maximum absolute atomic E-state index is 15.4. The Morgan fingerprint density at radius 3 is 2.22 bits per heavy atom. The number of rotatable bonds is 22. The number of anilines is 1. The summed E-state index contributed by atoms with van der Waals surface area (Å²) in [7, 11) is 6.52. The van der Waals surface area contributed by atoms with Gasteiger partial charge in [-0.25, -0.2) is 9.59 Å². The van der Waals surface area contributed by atoms with E-state index >= 15 is 4.79 Å². The van der Waals surface area contributed by atoms with Gasteiger partial charge in [0.15, 0.2) is 54.1 Å². The molecule has 1 aromatic rings. The van der Waals surface area contributed by atoms with Crippen molar-refractivity contribution in [3.8, 4) is 35.2 Å². The van der Waals surface area contributed by atoms with E-state index in [0.29, 0.717) is 0 Å². The molecule has 0 radical (unpaired) electrons. The van der Waals surface area contributed by atoms with Crippen molar-refractivity contribution in [1.82, 2.24) is 16.1 Å². The molecule has 474 valence electrons. The van der Waals surface area contributed by atoms with Crippen LogP contribution in [0.1, 0.15) is 64.2 Å². The lowest BCUT2D eigenvalue weighted by Gasteiger charge is -2.47. The average Bonchev–Trinajstić information content (AvgIpc) is 0.925. The lowest BCUT2D eigenvalue weighted by Crippen LogP contribution is -2.65. The zero-order chi connectivity index (χ0) is 62.7. The van der Waals surface area contributed by atoms with Crippen LogP contribution >= 0.6 is 24.4 Å². The van der Waals surface area contributed by atoms with Gasteiger partial charge in [0.2, 0.25) is 5.78 Å². The predicted octanol–water partition coefficient (Wildman–Crippen LogP) is 1.69. The summed E-state index contributed by atoms with van der Waals surface area (Å²) in [6, 6.07) is 1.37. The maximum Gasteiger partial charge on any atom is 0.411 e. The Bertz CT molecular complexity index is 2820. The fraction of sp³-hybridized carbons (Fsp3) is 0.621. The molecule has 2 bridgehead atoms. The van der Waals surface area contributed by atoms with Crippen LogP contribution in [-0.4, -0.2) is 220 Å². The van der Waals surface area contributed by atoms with Crippen LogP contribution in [0.5, 0.6) is 11.5 Å². The van der Waals surface area contributed by atoms with E-state index in [0.717, 1.165) is 7.11 Å². The van der Waals surface area contributed by atoms with Gasteiger partial charge in [-0.1, -0.05) is 50.2 Å². The predicted molar refractivity (Wildman–Crippen MR) is 310 cm³/mol. The summed E-state index contributed by atoms with van der Waals surface area (Å²) in [4.78, 5) is 62.0. The number of hydroxylamine groups is 1. The highest BCUT2D eigenvalue weighted by molar-refractivity contribution is 7.99. The van der Waals surface area contributed by atoms with Crippen LogP contribution in [0.3, 0.4) is 0 Å². The van der Waals surface area contributed by atoms with Crippen molar-refractivity contribution >= 4 is 53.8 Å². The summed E-state index contributed by atoms with van der Waals surface area (Å²) < 4.78 is 77.3. The number of alkyl carbamates (subject to hydrolysis) is 1. The molecule has 4 aliphatic heterocycles. The topological polar surface area (TPSA) is 327 Å². The second kappa shape index (κ2) is 30.7. The summed E-state index contributed by atoms with van der Waals surface area (Å²) in [5.74, 6) is 8.08. The highest BCUT2D eigenvalue weighted by Crippen LogP contribution is 2.43. The van der Waals surface area contributed by atoms with E-state index in [9.17, 15) is 34.8 Å². The Morgan fingerprint density at radius 1 is 0.872 bits per heavy atom. The van der Waals surface area contributed by atoms with E-state index in [-0.39, 0.29) is 88.3 Å². The molecule has 2 aliphatic carbocycles. The van der Waals surface area contributed by atoms with Crippen LogP contribution in [0, 0.1) is 23.7 Å². The molecule has 6 aliphatic rings. The molecule has 2 amide bonds. The number of thiol groups is 1. The first-order valence-electron chi connectivity index (χ1n) is 27.7. The maximum atomic E-state index is 15.4. The van der Waals surface area contributed by atoms with Crippen LogP contribution in [-0.2, 0) is 66.5 Å². The lowest BCUT2D eigenvalue weighted by atomic mass is 9.73. The molecule has 28 heteroatoms. The number of thioether (sulfide) groups is 1. The first-order chi connectivity index (χ1) is 41.0. The number of ether oxygens (including phenoxy) is 13. The van der Waals surface area contributed by atoms with Gasteiger partial charge in [0, 0.05) is 61.4 Å². The molecule has 86 heavy (non-hydrogen) atoms. The van der Waals surface area contributed by atoms with Crippen LogP contribution in [0.2, 0.25) is 0 Å². The summed E-state index contributed by atoms with van der Waals surface area (Å²) in [5, 5.41) is 56.3. The minimum absolute atomic E-state index is 0.0804. The van der Waals surface area contributed by atoms with Crippen molar-refractivity contribution in [2.75, 3.05) is 59.5 Å². The van der Waals surface area contributed by atoms with E-state index in [4.69, 9.17) is 66.4 Å². The van der Waals surface area contributed by atoms with Crippen LogP contribution < -0.4 is 30.9 Å². The van der Waals surface area contributed by atoms with Crippen molar-refractivity contribution in [3.63, 3.8) is 0 Å². The van der Waals surface area contributed by atoms with Gasteiger partial charge < -0.3 is 92.6 Å².